The fourth-order valence-electron chi connectivity index (χ4n) is 7.55. The van der Waals surface area contributed by atoms with Gasteiger partial charge < -0.3 is 87.0 Å². The van der Waals surface area contributed by atoms with Gasteiger partial charge in [-0.25, -0.2) is 0 Å². The Kier molecular flexibility index (Phi) is 29.7. The van der Waals surface area contributed by atoms with E-state index in [2.05, 4.69) is 33.7 Å². The quantitative estimate of drug-likeness (QED) is 0.0340. The molecule has 0 aromatic heterocycles. The number of esters is 9. The summed E-state index contributed by atoms with van der Waals surface area (Å²) in [4.78, 5) is 154. The van der Waals surface area contributed by atoms with E-state index in [9.17, 15) is 57.5 Å². The Bertz CT molecular complexity index is 2480. The van der Waals surface area contributed by atoms with Gasteiger partial charge in [0.15, 0.2) is 37.2 Å². The molecule has 30 heteroatoms. The number of ether oxygens (including phenoxy) is 15. The standard InChI is InChI=1S/C58H79N3O27/c1-11-27-74-43(65)18-15-40(62)59-56(34-81-52(5,6)82-35-56)33-80-49(71)22-21-46(68)77-30-55(14-4,31-78-47(69)23-25-50(72)87-57(36-83-53(7,8)84-37-57)60-41(63)16-19-44(66)75-28-12-2)32-79-48(70)24-26-51(73)88-58(38-85-54(9,10)86-39-58)61-42(64)17-20-45(67)76-29-13-3/h1-3H,14-39H2,4-10H3,(H,59,62)(H,60,63)(H,61,64). The Hall–Kier alpha value is -7.92. The second kappa shape index (κ2) is 35.2. The zero-order chi connectivity index (χ0) is 65.7. The lowest BCUT2D eigenvalue weighted by atomic mass is 9.88. The van der Waals surface area contributed by atoms with Crippen LogP contribution in [-0.4, -0.2) is 192 Å². The van der Waals surface area contributed by atoms with Gasteiger partial charge in [-0.3, -0.25) is 57.5 Å². The smallest absolute Gasteiger partial charge is 0.308 e. The Morgan fingerprint density at radius 2 is 0.636 bits per heavy atom. The number of hydrogen-bond acceptors (Lipinski definition) is 27. The van der Waals surface area contributed by atoms with Crippen LogP contribution in [0.15, 0.2) is 0 Å². The minimum absolute atomic E-state index is 0.0196. The van der Waals surface area contributed by atoms with Crippen LogP contribution in [0.1, 0.15) is 132 Å². The van der Waals surface area contributed by atoms with E-state index in [1.54, 1.807) is 48.5 Å². The summed E-state index contributed by atoms with van der Waals surface area (Å²) in [5.74, 6) is -7.15. The highest BCUT2D eigenvalue weighted by molar-refractivity contribution is 5.84. The van der Waals surface area contributed by atoms with Crippen molar-refractivity contribution in [1.29, 1.82) is 0 Å². The highest BCUT2D eigenvalue weighted by Gasteiger charge is 2.47. The van der Waals surface area contributed by atoms with Gasteiger partial charge in [-0.05, 0) is 48.0 Å². The topological polar surface area (TPSA) is 379 Å². The van der Waals surface area contributed by atoms with E-state index in [0.717, 1.165) is 0 Å². The third-order valence-electron chi connectivity index (χ3n) is 12.9. The largest absolute Gasteiger partial charge is 0.465 e. The summed E-state index contributed by atoms with van der Waals surface area (Å²) < 4.78 is 81.7. The van der Waals surface area contributed by atoms with Gasteiger partial charge in [0.2, 0.25) is 29.2 Å². The normalized spacial score (nSPS) is 17.3. The SMILES string of the molecule is C#CCOC(=O)CCC(=O)NC1(COC(=O)CCC(=O)OCC(CC)(COC(=O)CCC(=O)OC2(NC(=O)CCC(=O)OCC#C)COC(C)(C)OC2)COC(=O)CCC(=O)OC2(NC(=O)CCC(=O)OCC#C)COC(C)(C)OC2)COC(C)(C)OC1. The zero-order valence-electron chi connectivity index (χ0n) is 50.6. The van der Waals surface area contributed by atoms with Crippen molar-refractivity contribution in [2.75, 3.05) is 85.9 Å². The molecule has 0 bridgehead atoms. The first-order chi connectivity index (χ1) is 41.3. The predicted molar refractivity (Wildman–Crippen MR) is 294 cm³/mol. The lowest BCUT2D eigenvalue weighted by Gasteiger charge is -2.43. The molecule has 30 nitrogen and oxygen atoms in total. The number of carbonyl (C=O) groups excluding carboxylic acids is 12. The van der Waals surface area contributed by atoms with Crippen molar-refractivity contribution in [1.82, 2.24) is 16.0 Å². The molecule has 3 fully saturated rings. The van der Waals surface area contributed by atoms with Crippen molar-refractivity contribution >= 4 is 71.4 Å². The predicted octanol–water partition coefficient (Wildman–Crippen LogP) is 0.681. The van der Waals surface area contributed by atoms with Crippen molar-refractivity contribution in [3.63, 3.8) is 0 Å². The first kappa shape index (κ1) is 74.3. The van der Waals surface area contributed by atoms with Crippen molar-refractivity contribution in [2.45, 2.75) is 166 Å². The Balaban J connectivity index is 1.71. The molecular weight excluding hydrogens is 1170 g/mol. The van der Waals surface area contributed by atoms with Gasteiger partial charge in [-0.1, -0.05) is 24.7 Å². The molecule has 488 valence electrons. The molecule has 3 rings (SSSR count). The minimum atomic E-state index is -1.89. The summed E-state index contributed by atoms with van der Waals surface area (Å²) in [5.41, 5.74) is -6.69. The number of amides is 3. The van der Waals surface area contributed by atoms with E-state index < -0.39 is 189 Å². The van der Waals surface area contributed by atoms with Gasteiger partial charge in [-0.15, -0.1) is 19.3 Å². The average molecular weight is 1250 g/mol. The van der Waals surface area contributed by atoms with E-state index in [0.29, 0.717) is 0 Å². The molecule has 3 saturated heterocycles. The summed E-state index contributed by atoms with van der Waals surface area (Å²) >= 11 is 0. The highest BCUT2D eigenvalue weighted by Crippen LogP contribution is 2.30. The molecule has 88 heavy (non-hydrogen) atoms. The maximum atomic E-state index is 13.3. The van der Waals surface area contributed by atoms with Crippen molar-refractivity contribution < 1.29 is 129 Å². The lowest BCUT2D eigenvalue weighted by Crippen LogP contribution is -2.63. The van der Waals surface area contributed by atoms with E-state index in [-0.39, 0.29) is 91.6 Å². The fourth-order valence-corrected chi connectivity index (χ4v) is 7.55. The van der Waals surface area contributed by atoms with E-state index in [4.69, 9.17) is 90.3 Å². The molecule has 0 unspecified atom stereocenters. The van der Waals surface area contributed by atoms with Crippen LogP contribution in [0, 0.1) is 42.4 Å². The molecule has 0 aromatic carbocycles. The van der Waals surface area contributed by atoms with E-state index in [1.807, 2.05) is 0 Å². The molecule has 3 aliphatic heterocycles. The van der Waals surface area contributed by atoms with Gasteiger partial charge in [0.25, 0.3) is 0 Å². The molecule has 0 saturated carbocycles. The second-order valence-electron chi connectivity index (χ2n) is 21.9. The monoisotopic (exact) mass is 1250 g/mol. The highest BCUT2D eigenvalue weighted by atomic mass is 16.7. The first-order valence-electron chi connectivity index (χ1n) is 27.9. The molecule has 3 amide bonds. The van der Waals surface area contributed by atoms with Crippen molar-refractivity contribution in [3.05, 3.63) is 0 Å². The lowest BCUT2D eigenvalue weighted by molar-refractivity contribution is -0.309. The number of carbonyl (C=O) groups is 12. The van der Waals surface area contributed by atoms with Gasteiger partial charge in [0, 0.05) is 19.3 Å². The zero-order valence-corrected chi connectivity index (χ0v) is 50.6. The van der Waals surface area contributed by atoms with Crippen LogP contribution in [0.4, 0.5) is 0 Å². The van der Waals surface area contributed by atoms with Crippen LogP contribution in [-0.2, 0) is 129 Å². The Labute approximate surface area is 509 Å². The van der Waals surface area contributed by atoms with Crippen LogP contribution < -0.4 is 16.0 Å². The molecule has 0 spiro atoms. The summed E-state index contributed by atoms with van der Waals surface area (Å²) in [7, 11) is 0. The molecule has 0 atom stereocenters. The summed E-state index contributed by atoms with van der Waals surface area (Å²) in [5, 5.41) is 7.69. The van der Waals surface area contributed by atoms with Crippen LogP contribution in [0.2, 0.25) is 0 Å². The maximum absolute atomic E-state index is 13.3. The third kappa shape index (κ3) is 28.3. The number of nitrogens with one attached hydrogen (secondary N) is 3. The van der Waals surface area contributed by atoms with Crippen LogP contribution >= 0.6 is 0 Å². The van der Waals surface area contributed by atoms with Gasteiger partial charge in [-0.2, -0.15) is 0 Å². The number of hydrogen-bond donors (Lipinski definition) is 3. The van der Waals surface area contributed by atoms with Crippen LogP contribution in [0.3, 0.4) is 0 Å². The molecule has 0 aromatic rings. The van der Waals surface area contributed by atoms with Crippen LogP contribution in [0.25, 0.3) is 0 Å². The fraction of sp³-hybridized carbons (Fsp3) is 0.690. The third-order valence-corrected chi connectivity index (χ3v) is 12.9. The number of rotatable bonds is 35. The van der Waals surface area contributed by atoms with Crippen LogP contribution in [0.5, 0.6) is 0 Å². The Morgan fingerprint density at radius 3 is 0.943 bits per heavy atom. The first-order valence-corrected chi connectivity index (χ1v) is 27.9. The maximum Gasteiger partial charge on any atom is 0.308 e. The summed E-state index contributed by atoms with van der Waals surface area (Å²) in [6.45, 7) is 6.06. The molecule has 0 aliphatic carbocycles. The van der Waals surface area contributed by atoms with E-state index >= 15 is 0 Å². The van der Waals surface area contributed by atoms with Crippen molar-refractivity contribution in [3.8, 4) is 37.0 Å². The van der Waals surface area contributed by atoms with E-state index in [1.165, 1.54) is 0 Å². The second-order valence-corrected chi connectivity index (χ2v) is 21.9. The number of terminal acetylenes is 3. The molecule has 3 N–H and O–H groups in total. The molecule has 3 heterocycles. The molecular formula is C58H79N3O27. The minimum Gasteiger partial charge on any atom is -0.465 e. The molecule has 0 radical (unpaired) electrons. The molecule has 3 aliphatic rings. The Morgan fingerprint density at radius 1 is 0.375 bits per heavy atom. The van der Waals surface area contributed by atoms with Gasteiger partial charge in [0.05, 0.1) is 76.4 Å². The summed E-state index contributed by atoms with van der Waals surface area (Å²) in [6, 6.07) is 0. The summed E-state index contributed by atoms with van der Waals surface area (Å²) in [6.07, 6.45) is 9.60. The van der Waals surface area contributed by atoms with Crippen molar-refractivity contribution in [2.24, 2.45) is 5.41 Å². The van der Waals surface area contributed by atoms with Gasteiger partial charge >= 0.3 is 53.7 Å². The average Bonchev–Trinajstić information content (AvgIpc) is 2.57. The van der Waals surface area contributed by atoms with Gasteiger partial charge in [0.1, 0.15) is 58.4 Å².